The summed E-state index contributed by atoms with van der Waals surface area (Å²) in [6.07, 6.45) is 3.31. The zero-order chi connectivity index (χ0) is 24.3. The van der Waals surface area contributed by atoms with Crippen molar-refractivity contribution in [2.75, 3.05) is 5.32 Å². The Kier molecular flexibility index (Phi) is 5.20. The minimum atomic E-state index is -0.0792. The number of rotatable bonds is 4. The highest BCUT2D eigenvalue weighted by Crippen LogP contribution is 2.36. The molecule has 3 aromatic heterocycles. The second-order valence-electron chi connectivity index (χ2n) is 11.7. The van der Waals surface area contributed by atoms with Gasteiger partial charge >= 0.3 is 0 Å². The van der Waals surface area contributed by atoms with E-state index >= 15 is 0 Å². The van der Waals surface area contributed by atoms with E-state index < -0.39 is 0 Å². The van der Waals surface area contributed by atoms with Gasteiger partial charge in [-0.1, -0.05) is 68.8 Å². The van der Waals surface area contributed by atoms with Crippen molar-refractivity contribution >= 4 is 27.8 Å². The number of nitrogens with one attached hydrogen (secondary N) is 1. The van der Waals surface area contributed by atoms with Crippen LogP contribution in [0.3, 0.4) is 0 Å². The third kappa shape index (κ3) is 4.04. The lowest BCUT2D eigenvalue weighted by molar-refractivity contribution is -0.495. The molecule has 2 aromatic carbocycles. The average molecular weight is 451 g/mol. The van der Waals surface area contributed by atoms with Gasteiger partial charge in [0, 0.05) is 17.0 Å². The maximum Gasteiger partial charge on any atom is 0.267 e. The SMILES string of the molecule is Cc1cccc(-c2cc3ccccc3c3c(NC(C)(C)CC(C)(C)C)[n+]4cc(C)ccc4n23)c1. The number of anilines is 1. The van der Waals surface area contributed by atoms with Crippen LogP contribution >= 0.6 is 0 Å². The van der Waals surface area contributed by atoms with Gasteiger partial charge in [0.25, 0.3) is 5.82 Å². The molecule has 0 aliphatic heterocycles. The third-order valence-corrected chi connectivity index (χ3v) is 6.48. The van der Waals surface area contributed by atoms with Crippen LogP contribution in [-0.4, -0.2) is 9.94 Å². The monoisotopic (exact) mass is 450 g/mol. The van der Waals surface area contributed by atoms with Gasteiger partial charge in [0.05, 0.1) is 11.7 Å². The summed E-state index contributed by atoms with van der Waals surface area (Å²) in [5.41, 5.74) is 7.48. The number of hydrogen-bond acceptors (Lipinski definition) is 1. The van der Waals surface area contributed by atoms with Gasteiger partial charge in [-0.25, -0.2) is 8.80 Å². The first kappa shape index (κ1) is 22.5. The Hall–Kier alpha value is -3.33. The van der Waals surface area contributed by atoms with E-state index in [-0.39, 0.29) is 11.0 Å². The predicted molar refractivity (Wildman–Crippen MR) is 145 cm³/mol. The molecule has 0 saturated carbocycles. The van der Waals surface area contributed by atoms with Crippen molar-refractivity contribution in [3.63, 3.8) is 0 Å². The van der Waals surface area contributed by atoms with Crippen molar-refractivity contribution in [3.8, 4) is 11.3 Å². The number of pyridine rings is 2. The number of benzene rings is 2. The largest absolute Gasteiger partial charge is 0.297 e. The maximum atomic E-state index is 3.99. The van der Waals surface area contributed by atoms with Crippen molar-refractivity contribution in [1.82, 2.24) is 4.40 Å². The molecule has 3 nitrogen and oxygen atoms in total. The summed E-state index contributed by atoms with van der Waals surface area (Å²) in [4.78, 5) is 0. The Labute approximate surface area is 203 Å². The Morgan fingerprint density at radius 2 is 1.59 bits per heavy atom. The third-order valence-electron chi connectivity index (χ3n) is 6.48. The lowest BCUT2D eigenvalue weighted by Crippen LogP contribution is -2.39. The van der Waals surface area contributed by atoms with Crippen LogP contribution in [0.2, 0.25) is 0 Å². The summed E-state index contributed by atoms with van der Waals surface area (Å²) < 4.78 is 4.78. The molecule has 1 N–H and O–H groups in total. The van der Waals surface area contributed by atoms with E-state index in [2.05, 4.69) is 136 Å². The van der Waals surface area contributed by atoms with Gasteiger partial charge in [-0.3, -0.25) is 5.32 Å². The van der Waals surface area contributed by atoms with Gasteiger partial charge < -0.3 is 0 Å². The Morgan fingerprint density at radius 1 is 0.824 bits per heavy atom. The lowest BCUT2D eigenvalue weighted by atomic mass is 9.82. The van der Waals surface area contributed by atoms with Crippen LogP contribution in [0, 0.1) is 19.3 Å². The molecule has 3 heteroatoms. The van der Waals surface area contributed by atoms with E-state index in [1.807, 2.05) is 0 Å². The van der Waals surface area contributed by atoms with Crippen LogP contribution in [0.15, 0.2) is 72.9 Å². The lowest BCUT2D eigenvalue weighted by Gasteiger charge is -2.31. The molecule has 174 valence electrons. The Morgan fingerprint density at radius 3 is 2.32 bits per heavy atom. The van der Waals surface area contributed by atoms with Gasteiger partial charge in [0.2, 0.25) is 5.65 Å². The minimum Gasteiger partial charge on any atom is -0.297 e. The van der Waals surface area contributed by atoms with Crippen LogP contribution in [0.5, 0.6) is 0 Å². The molecule has 0 saturated heterocycles. The molecular weight excluding hydrogens is 414 g/mol. The summed E-state index contributed by atoms with van der Waals surface area (Å²) >= 11 is 0. The highest BCUT2D eigenvalue weighted by atomic mass is 15.2. The Bertz CT molecular complexity index is 1530. The van der Waals surface area contributed by atoms with Crippen molar-refractivity contribution in [3.05, 3.63) is 84.1 Å². The topological polar surface area (TPSA) is 20.5 Å². The average Bonchev–Trinajstić information content (AvgIpc) is 3.04. The summed E-state index contributed by atoms with van der Waals surface area (Å²) in [5, 5.41) is 6.50. The van der Waals surface area contributed by atoms with E-state index in [0.29, 0.717) is 0 Å². The number of imidazole rings is 1. The second-order valence-corrected chi connectivity index (χ2v) is 11.7. The summed E-state index contributed by atoms with van der Waals surface area (Å²) in [7, 11) is 0. The van der Waals surface area contributed by atoms with Crippen LogP contribution in [0.4, 0.5) is 5.82 Å². The van der Waals surface area contributed by atoms with E-state index in [1.54, 1.807) is 0 Å². The van der Waals surface area contributed by atoms with Crippen molar-refractivity contribution < 1.29 is 4.40 Å². The van der Waals surface area contributed by atoms with Crippen molar-refractivity contribution in [2.45, 2.75) is 60.4 Å². The standard InChI is InChI=1S/C31H36N3/c1-21-11-10-13-24(17-21)26-18-23-12-8-9-14-25(23)28-29(32-31(6,7)20-30(3,4)5)33-19-22(2)15-16-27(33)34(26)28/h8-19,32H,20H2,1-7H3/q+1. The molecule has 3 heterocycles. The first-order chi connectivity index (χ1) is 16.0. The second kappa shape index (κ2) is 7.87. The van der Waals surface area contributed by atoms with Crippen LogP contribution in [0.1, 0.15) is 52.2 Å². The number of aromatic nitrogens is 2. The highest BCUT2D eigenvalue weighted by Gasteiger charge is 2.33. The first-order valence-corrected chi connectivity index (χ1v) is 12.3. The molecule has 0 radical (unpaired) electrons. The van der Waals surface area contributed by atoms with Gasteiger partial charge in [-0.2, -0.15) is 0 Å². The molecule has 5 rings (SSSR count). The van der Waals surface area contributed by atoms with Crippen LogP contribution in [-0.2, 0) is 0 Å². The minimum absolute atomic E-state index is 0.0792. The Balaban J connectivity index is 1.92. The van der Waals surface area contributed by atoms with Crippen LogP contribution < -0.4 is 9.72 Å². The summed E-state index contributed by atoms with van der Waals surface area (Å²) in [5.74, 6) is 1.15. The number of fused-ring (bicyclic) bond motifs is 5. The normalized spacial score (nSPS) is 12.7. The van der Waals surface area contributed by atoms with Gasteiger partial charge in [0.1, 0.15) is 5.69 Å². The molecule has 0 bridgehead atoms. The van der Waals surface area contributed by atoms with Crippen molar-refractivity contribution in [2.24, 2.45) is 5.41 Å². The molecular formula is C31H36N3+. The number of nitrogens with zero attached hydrogens (tertiary/aromatic N) is 2. The quantitative estimate of drug-likeness (QED) is 0.278. The molecule has 0 fully saturated rings. The molecule has 34 heavy (non-hydrogen) atoms. The fraction of sp³-hybridized carbons (Fsp3) is 0.323. The van der Waals surface area contributed by atoms with Crippen molar-refractivity contribution in [1.29, 1.82) is 0 Å². The zero-order valence-electron chi connectivity index (χ0n) is 21.5. The van der Waals surface area contributed by atoms with Gasteiger partial charge in [0.15, 0.2) is 5.52 Å². The molecule has 0 atom stereocenters. The smallest absolute Gasteiger partial charge is 0.267 e. The van der Waals surface area contributed by atoms with E-state index in [9.17, 15) is 0 Å². The maximum absolute atomic E-state index is 3.99. The van der Waals surface area contributed by atoms with E-state index in [4.69, 9.17) is 0 Å². The van der Waals surface area contributed by atoms with E-state index in [0.717, 1.165) is 17.9 Å². The van der Waals surface area contributed by atoms with Crippen LogP contribution in [0.25, 0.3) is 33.2 Å². The zero-order valence-corrected chi connectivity index (χ0v) is 21.5. The predicted octanol–water partition coefficient (Wildman–Crippen LogP) is 7.74. The highest BCUT2D eigenvalue weighted by molar-refractivity contribution is 6.03. The fourth-order valence-electron chi connectivity index (χ4n) is 5.66. The molecule has 5 aromatic rings. The van der Waals surface area contributed by atoms with E-state index in [1.165, 1.54) is 38.7 Å². The first-order valence-electron chi connectivity index (χ1n) is 12.3. The molecule has 0 spiro atoms. The molecule has 0 amide bonds. The van der Waals surface area contributed by atoms with Gasteiger partial charge in [-0.15, -0.1) is 0 Å². The number of hydrogen-bond donors (Lipinski definition) is 1. The summed E-state index contributed by atoms with van der Waals surface area (Å²) in [6.45, 7) is 15.9. The molecule has 0 aliphatic rings. The molecule has 0 unspecified atom stereocenters. The fourth-order valence-corrected chi connectivity index (χ4v) is 5.66. The van der Waals surface area contributed by atoms with Gasteiger partial charge in [-0.05, 0) is 68.7 Å². The number of aryl methyl sites for hydroxylation is 2. The summed E-state index contributed by atoms with van der Waals surface area (Å²) in [6, 6.07) is 24.4. The molecule has 0 aliphatic carbocycles.